The Labute approximate surface area is 148 Å². The Morgan fingerprint density at radius 2 is 1.83 bits per heavy atom. The minimum atomic E-state index is -1.33. The lowest BCUT2D eigenvalue weighted by molar-refractivity contribution is -0.121. The normalized spacial score (nSPS) is 13.5. The minimum Gasteiger partial charge on any atom is -0.386 e. The number of nitrogens with one attached hydrogen (secondary N) is 1. The number of nitrogens with zero attached hydrogens (tertiary/aromatic N) is 1. The summed E-state index contributed by atoms with van der Waals surface area (Å²) in [7, 11) is 0. The number of carbonyl (C=O) groups excluding carboxylic acids is 1. The van der Waals surface area contributed by atoms with Crippen molar-refractivity contribution < 1.29 is 14.3 Å². The summed E-state index contributed by atoms with van der Waals surface area (Å²) in [5, 5.41) is 12.5. The molecule has 0 saturated carbocycles. The van der Waals surface area contributed by atoms with E-state index in [0.29, 0.717) is 11.4 Å². The fourth-order valence-corrected chi connectivity index (χ4v) is 2.25. The van der Waals surface area contributed by atoms with Crippen molar-refractivity contribution in [3.05, 3.63) is 48.2 Å². The van der Waals surface area contributed by atoms with Gasteiger partial charge in [-0.25, -0.2) is 9.37 Å². The number of nitrogens with two attached hydrogens (primary N) is 1. The zero-order valence-electron chi connectivity index (χ0n) is 12.5. The Kier molecular flexibility index (Phi) is 6.36. The van der Waals surface area contributed by atoms with E-state index in [0.717, 1.165) is 11.1 Å². The summed E-state index contributed by atoms with van der Waals surface area (Å²) in [4.78, 5) is 14.1. The van der Waals surface area contributed by atoms with E-state index in [1.54, 1.807) is 36.5 Å². The predicted molar refractivity (Wildman–Crippen MR) is 92.4 cm³/mol. The van der Waals surface area contributed by atoms with Crippen LogP contribution in [0.25, 0.3) is 11.1 Å². The van der Waals surface area contributed by atoms with Crippen molar-refractivity contribution in [2.24, 2.45) is 0 Å². The lowest BCUT2D eigenvalue weighted by Gasteiger charge is -2.22. The van der Waals surface area contributed by atoms with Gasteiger partial charge in [-0.2, -0.15) is 0 Å². The molecule has 5 nitrogen and oxygen atoms in total. The second-order valence-corrected chi connectivity index (χ2v) is 6.20. The van der Waals surface area contributed by atoms with E-state index in [1.807, 2.05) is 6.07 Å². The van der Waals surface area contributed by atoms with Crippen molar-refractivity contribution in [3.63, 3.8) is 0 Å². The maximum Gasteiger partial charge on any atom is 0.253 e. The average Bonchev–Trinajstić information content (AvgIpc) is 2.59. The molecule has 0 fully saturated rings. The van der Waals surface area contributed by atoms with Crippen molar-refractivity contribution in [2.45, 2.75) is 17.0 Å². The van der Waals surface area contributed by atoms with Gasteiger partial charge in [-0.15, -0.1) is 0 Å². The van der Waals surface area contributed by atoms with E-state index in [-0.39, 0.29) is 0 Å². The van der Waals surface area contributed by atoms with Crippen LogP contribution in [0.1, 0.15) is 11.7 Å². The molecule has 2 atom stereocenters. The molecule has 2 aromatic rings. The first-order valence-electron chi connectivity index (χ1n) is 7.06. The summed E-state index contributed by atoms with van der Waals surface area (Å²) < 4.78 is 13.1. The molecule has 2 rings (SSSR count). The van der Waals surface area contributed by atoms with Crippen molar-refractivity contribution in [2.75, 3.05) is 12.4 Å². The number of nitrogen functional groups attached to an aromatic ring is 1. The number of hydrogen-bond acceptors (Lipinski definition) is 4. The Bertz CT molecular complexity index is 681. The Morgan fingerprint density at radius 3 is 2.33 bits per heavy atom. The van der Waals surface area contributed by atoms with Gasteiger partial charge in [-0.05, 0) is 23.3 Å². The van der Waals surface area contributed by atoms with Crippen LogP contribution < -0.4 is 11.1 Å². The van der Waals surface area contributed by atoms with Crippen LogP contribution in [0.15, 0.2) is 42.6 Å². The number of benzene rings is 1. The number of amides is 1. The van der Waals surface area contributed by atoms with E-state index in [1.165, 1.54) is 0 Å². The molecule has 0 bridgehead atoms. The predicted octanol–water partition coefficient (Wildman–Crippen LogP) is 2.62. The topological polar surface area (TPSA) is 88.2 Å². The van der Waals surface area contributed by atoms with E-state index < -0.39 is 29.6 Å². The summed E-state index contributed by atoms with van der Waals surface area (Å²) >= 11 is 10.8. The molecule has 1 heterocycles. The van der Waals surface area contributed by atoms with E-state index in [2.05, 4.69) is 10.3 Å². The molecular formula is C16H16Cl2FN3O2. The SMILES string of the molecule is Nc1ccc(-c2ccc(C(O)C(CF)NC(=O)C(Cl)Cl)cc2)cn1. The standard InChI is InChI=1S/C16H16Cl2FN3O2/c17-15(18)16(24)22-12(7-19)14(23)10-3-1-9(2-4-10)11-5-6-13(20)21-8-11/h1-6,8,12,14-15,23H,7H2,(H2,20,21)(H,22,24). The smallest absolute Gasteiger partial charge is 0.253 e. The highest BCUT2D eigenvalue weighted by Gasteiger charge is 2.25. The van der Waals surface area contributed by atoms with Crippen LogP contribution in [0.5, 0.6) is 0 Å². The molecule has 2 unspecified atom stereocenters. The third-order valence-electron chi connectivity index (χ3n) is 3.45. The van der Waals surface area contributed by atoms with Gasteiger partial charge in [0.25, 0.3) is 5.91 Å². The van der Waals surface area contributed by atoms with Crippen LogP contribution in [0.3, 0.4) is 0 Å². The van der Waals surface area contributed by atoms with Gasteiger partial charge in [0.1, 0.15) is 18.6 Å². The second-order valence-electron chi connectivity index (χ2n) is 5.11. The number of aliphatic hydroxyl groups is 1. The van der Waals surface area contributed by atoms with Gasteiger partial charge >= 0.3 is 0 Å². The average molecular weight is 372 g/mol. The number of aliphatic hydroxyl groups excluding tert-OH is 1. The van der Waals surface area contributed by atoms with Gasteiger partial charge in [0.15, 0.2) is 4.84 Å². The van der Waals surface area contributed by atoms with E-state index in [4.69, 9.17) is 28.9 Å². The van der Waals surface area contributed by atoms with Gasteiger partial charge in [-0.3, -0.25) is 4.79 Å². The quantitative estimate of drug-likeness (QED) is 0.681. The summed E-state index contributed by atoms with van der Waals surface area (Å²) in [5.74, 6) is -0.339. The molecule has 1 aromatic heterocycles. The lowest BCUT2D eigenvalue weighted by Crippen LogP contribution is -2.43. The Hall–Kier alpha value is -1.89. The zero-order valence-corrected chi connectivity index (χ0v) is 14.0. The Balaban J connectivity index is 2.13. The van der Waals surface area contributed by atoms with Crippen molar-refractivity contribution >= 4 is 34.9 Å². The molecule has 0 aliphatic rings. The molecule has 0 saturated heterocycles. The van der Waals surface area contributed by atoms with E-state index in [9.17, 15) is 14.3 Å². The van der Waals surface area contributed by atoms with Crippen LogP contribution in [0, 0.1) is 0 Å². The number of aromatic nitrogens is 1. The Morgan fingerprint density at radius 1 is 1.21 bits per heavy atom. The molecule has 4 N–H and O–H groups in total. The monoisotopic (exact) mass is 371 g/mol. The third kappa shape index (κ3) is 4.56. The summed E-state index contributed by atoms with van der Waals surface area (Å²) in [6, 6.07) is 9.17. The number of carbonyl (C=O) groups is 1. The number of rotatable bonds is 6. The number of alkyl halides is 3. The highest BCUT2D eigenvalue weighted by Crippen LogP contribution is 2.24. The van der Waals surface area contributed by atoms with Gasteiger partial charge < -0.3 is 16.2 Å². The second kappa shape index (κ2) is 8.28. The largest absolute Gasteiger partial charge is 0.386 e. The number of hydrogen-bond donors (Lipinski definition) is 3. The van der Waals surface area contributed by atoms with E-state index >= 15 is 0 Å². The van der Waals surface area contributed by atoms with Crippen molar-refractivity contribution in [1.82, 2.24) is 10.3 Å². The molecule has 0 aliphatic heterocycles. The first-order valence-corrected chi connectivity index (χ1v) is 7.94. The van der Waals surface area contributed by atoms with Gasteiger partial charge in [0, 0.05) is 11.8 Å². The molecule has 8 heteroatoms. The van der Waals surface area contributed by atoms with Crippen LogP contribution in [-0.2, 0) is 4.79 Å². The highest BCUT2D eigenvalue weighted by molar-refractivity contribution is 6.53. The summed E-state index contributed by atoms with van der Waals surface area (Å²) in [6.45, 7) is -0.961. The summed E-state index contributed by atoms with van der Waals surface area (Å²) in [6.07, 6.45) is 0.400. The molecule has 0 aliphatic carbocycles. The summed E-state index contributed by atoms with van der Waals surface area (Å²) in [5.41, 5.74) is 7.71. The number of anilines is 1. The lowest BCUT2D eigenvalue weighted by atomic mass is 9.99. The van der Waals surface area contributed by atoms with Gasteiger partial charge in [-0.1, -0.05) is 47.5 Å². The highest BCUT2D eigenvalue weighted by atomic mass is 35.5. The molecular weight excluding hydrogens is 356 g/mol. The third-order valence-corrected chi connectivity index (χ3v) is 3.84. The number of halogens is 3. The van der Waals surface area contributed by atoms with Gasteiger partial charge in [0.2, 0.25) is 0 Å². The molecule has 24 heavy (non-hydrogen) atoms. The van der Waals surface area contributed by atoms with Crippen LogP contribution >= 0.6 is 23.2 Å². The van der Waals surface area contributed by atoms with Crippen LogP contribution in [0.2, 0.25) is 0 Å². The molecule has 1 aromatic carbocycles. The van der Waals surface area contributed by atoms with Crippen molar-refractivity contribution in [1.29, 1.82) is 0 Å². The minimum absolute atomic E-state index is 0.421. The fraction of sp³-hybridized carbons (Fsp3) is 0.250. The molecule has 0 radical (unpaired) electrons. The first-order chi connectivity index (χ1) is 11.4. The fourth-order valence-electron chi connectivity index (χ4n) is 2.13. The number of pyridine rings is 1. The zero-order chi connectivity index (χ0) is 17.7. The molecule has 1 amide bonds. The van der Waals surface area contributed by atoms with Crippen LogP contribution in [0.4, 0.5) is 10.2 Å². The maximum atomic E-state index is 13.1. The van der Waals surface area contributed by atoms with Gasteiger partial charge in [0.05, 0.1) is 6.04 Å². The first kappa shape index (κ1) is 18.4. The molecule has 128 valence electrons. The maximum absolute atomic E-state index is 13.1. The van der Waals surface area contributed by atoms with Crippen LogP contribution in [-0.4, -0.2) is 33.6 Å². The molecule has 0 spiro atoms. The van der Waals surface area contributed by atoms with Crippen molar-refractivity contribution in [3.8, 4) is 11.1 Å².